The van der Waals surface area contributed by atoms with Crippen LogP contribution in [0.25, 0.3) is 0 Å². The number of hydrogen-bond donors (Lipinski definition) is 1. The number of rotatable bonds is 5. The highest BCUT2D eigenvalue weighted by Gasteiger charge is 2.10. The van der Waals surface area contributed by atoms with Crippen molar-refractivity contribution >= 4 is 27.5 Å². The highest BCUT2D eigenvalue weighted by molar-refractivity contribution is 9.10. The fourth-order valence-corrected chi connectivity index (χ4v) is 1.79. The Balaban J connectivity index is 2.84. The highest BCUT2D eigenvalue weighted by atomic mass is 79.9. The summed E-state index contributed by atoms with van der Waals surface area (Å²) in [6.45, 7) is 4.24. The van der Waals surface area contributed by atoms with E-state index < -0.39 is 0 Å². The number of nitrogens with zero attached hydrogens (tertiary/aromatic N) is 1. The van der Waals surface area contributed by atoms with Gasteiger partial charge in [-0.2, -0.15) is 0 Å². The van der Waals surface area contributed by atoms with Gasteiger partial charge in [-0.15, -0.1) is 0 Å². The summed E-state index contributed by atoms with van der Waals surface area (Å²) in [5, 5.41) is 2.85. The van der Waals surface area contributed by atoms with E-state index in [1.54, 1.807) is 0 Å². The fraction of sp³-hybridized carbons (Fsp3) is 0.462. The molecule has 0 spiro atoms. The third-order valence-corrected chi connectivity index (χ3v) is 2.53. The van der Waals surface area contributed by atoms with Gasteiger partial charge in [0.15, 0.2) is 0 Å². The molecule has 0 aromatic heterocycles. The van der Waals surface area contributed by atoms with Crippen molar-refractivity contribution in [3.05, 3.63) is 22.7 Å². The number of halogens is 1. The Morgan fingerprint density at radius 1 is 1.44 bits per heavy atom. The summed E-state index contributed by atoms with van der Waals surface area (Å²) < 4.78 is 6.56. The van der Waals surface area contributed by atoms with Crippen molar-refractivity contribution < 1.29 is 9.53 Å². The average Bonchev–Trinajstić information content (AvgIpc) is 2.20. The van der Waals surface area contributed by atoms with Gasteiger partial charge in [0.25, 0.3) is 0 Å². The second kappa shape index (κ2) is 6.75. The zero-order valence-corrected chi connectivity index (χ0v) is 12.7. The molecule has 1 amide bonds. The molecule has 18 heavy (non-hydrogen) atoms. The normalized spacial score (nSPS) is 10.8. The van der Waals surface area contributed by atoms with Gasteiger partial charge in [-0.3, -0.25) is 4.79 Å². The summed E-state index contributed by atoms with van der Waals surface area (Å²) in [7, 11) is 3.71. The summed E-state index contributed by atoms with van der Waals surface area (Å²) in [6.07, 6.45) is 0.0654. The molecule has 0 bridgehead atoms. The van der Waals surface area contributed by atoms with Crippen molar-refractivity contribution in [2.24, 2.45) is 0 Å². The summed E-state index contributed by atoms with van der Waals surface area (Å²) in [5.74, 6) is 0.618. The standard InChI is InChI=1S/C13H19BrN2O2/c1-9(2)18-12-6-5-10(14)7-11(12)15-13(17)8-16(3)4/h5-7,9H,8H2,1-4H3,(H,15,17). The molecule has 1 N–H and O–H groups in total. The maximum Gasteiger partial charge on any atom is 0.238 e. The third kappa shape index (κ3) is 5.06. The van der Waals surface area contributed by atoms with Crippen LogP contribution >= 0.6 is 15.9 Å². The van der Waals surface area contributed by atoms with E-state index in [9.17, 15) is 4.79 Å². The maximum absolute atomic E-state index is 11.7. The smallest absolute Gasteiger partial charge is 0.238 e. The van der Waals surface area contributed by atoms with Gasteiger partial charge < -0.3 is 15.0 Å². The quantitative estimate of drug-likeness (QED) is 0.908. The molecule has 0 fully saturated rings. The van der Waals surface area contributed by atoms with Gasteiger partial charge in [-0.1, -0.05) is 15.9 Å². The van der Waals surface area contributed by atoms with Crippen LogP contribution in [0.4, 0.5) is 5.69 Å². The molecule has 0 saturated carbocycles. The predicted octanol–water partition coefficient (Wildman–Crippen LogP) is 2.74. The molecular weight excluding hydrogens is 296 g/mol. The van der Waals surface area contributed by atoms with Gasteiger partial charge in [-0.05, 0) is 46.1 Å². The van der Waals surface area contributed by atoms with Crippen molar-refractivity contribution in [2.75, 3.05) is 26.0 Å². The molecule has 0 aliphatic carbocycles. The van der Waals surface area contributed by atoms with E-state index in [1.165, 1.54) is 0 Å². The van der Waals surface area contributed by atoms with Crippen LogP contribution in [0.2, 0.25) is 0 Å². The monoisotopic (exact) mass is 314 g/mol. The number of ether oxygens (including phenoxy) is 1. The number of carbonyl (C=O) groups excluding carboxylic acids is 1. The first-order valence-corrected chi connectivity index (χ1v) is 6.58. The molecular formula is C13H19BrN2O2. The topological polar surface area (TPSA) is 41.6 Å². The van der Waals surface area contributed by atoms with E-state index in [4.69, 9.17) is 4.74 Å². The Labute approximate surface area is 116 Å². The van der Waals surface area contributed by atoms with Crippen LogP contribution in [0.15, 0.2) is 22.7 Å². The van der Waals surface area contributed by atoms with E-state index >= 15 is 0 Å². The van der Waals surface area contributed by atoms with Crippen LogP contribution in [0.5, 0.6) is 5.75 Å². The number of hydrogen-bond acceptors (Lipinski definition) is 3. The molecule has 0 unspecified atom stereocenters. The summed E-state index contributed by atoms with van der Waals surface area (Å²) >= 11 is 3.39. The molecule has 1 rings (SSSR count). The minimum atomic E-state index is -0.0632. The number of benzene rings is 1. The molecule has 0 radical (unpaired) electrons. The van der Waals surface area contributed by atoms with Gasteiger partial charge in [-0.25, -0.2) is 0 Å². The zero-order chi connectivity index (χ0) is 13.7. The van der Waals surface area contributed by atoms with Crippen LogP contribution in [-0.4, -0.2) is 37.6 Å². The van der Waals surface area contributed by atoms with E-state index in [-0.39, 0.29) is 12.0 Å². The van der Waals surface area contributed by atoms with E-state index in [2.05, 4.69) is 21.2 Å². The number of amides is 1. The van der Waals surface area contributed by atoms with Crippen LogP contribution in [0.3, 0.4) is 0 Å². The summed E-state index contributed by atoms with van der Waals surface area (Å²) in [4.78, 5) is 13.6. The Morgan fingerprint density at radius 3 is 2.67 bits per heavy atom. The molecule has 0 heterocycles. The molecule has 1 aromatic carbocycles. The first kappa shape index (κ1) is 15.0. The average molecular weight is 315 g/mol. The van der Waals surface area contributed by atoms with E-state index in [0.29, 0.717) is 18.0 Å². The Morgan fingerprint density at radius 2 is 2.11 bits per heavy atom. The zero-order valence-electron chi connectivity index (χ0n) is 11.2. The first-order chi connectivity index (χ1) is 8.38. The number of anilines is 1. The third-order valence-electron chi connectivity index (χ3n) is 2.04. The first-order valence-electron chi connectivity index (χ1n) is 5.79. The van der Waals surface area contributed by atoms with Gasteiger partial charge in [0.05, 0.1) is 18.3 Å². The van der Waals surface area contributed by atoms with E-state index in [1.807, 2.05) is 51.0 Å². The Bertz CT molecular complexity index is 419. The minimum absolute atomic E-state index is 0.0632. The molecule has 100 valence electrons. The predicted molar refractivity (Wildman–Crippen MR) is 77.1 cm³/mol. The van der Waals surface area contributed by atoms with Crippen molar-refractivity contribution in [1.29, 1.82) is 0 Å². The Hall–Kier alpha value is -1.07. The van der Waals surface area contributed by atoms with Crippen molar-refractivity contribution in [1.82, 2.24) is 4.90 Å². The molecule has 0 aliphatic heterocycles. The van der Waals surface area contributed by atoms with Crippen molar-refractivity contribution in [3.8, 4) is 5.75 Å². The number of carbonyl (C=O) groups is 1. The second-order valence-electron chi connectivity index (χ2n) is 4.59. The summed E-state index contributed by atoms with van der Waals surface area (Å²) in [5.41, 5.74) is 0.685. The molecule has 5 heteroatoms. The van der Waals surface area contributed by atoms with Gasteiger partial charge >= 0.3 is 0 Å². The second-order valence-corrected chi connectivity index (χ2v) is 5.51. The highest BCUT2D eigenvalue weighted by Crippen LogP contribution is 2.29. The van der Waals surface area contributed by atoms with Crippen LogP contribution in [0.1, 0.15) is 13.8 Å². The minimum Gasteiger partial charge on any atom is -0.489 e. The SMILES string of the molecule is CC(C)Oc1ccc(Br)cc1NC(=O)CN(C)C. The lowest BCUT2D eigenvalue weighted by Crippen LogP contribution is -2.27. The van der Waals surface area contributed by atoms with Gasteiger partial charge in [0.2, 0.25) is 5.91 Å². The fourth-order valence-electron chi connectivity index (χ4n) is 1.43. The van der Waals surface area contributed by atoms with Crippen LogP contribution < -0.4 is 10.1 Å². The van der Waals surface area contributed by atoms with E-state index in [0.717, 1.165) is 4.47 Å². The lowest BCUT2D eigenvalue weighted by molar-refractivity contribution is -0.116. The van der Waals surface area contributed by atoms with Crippen molar-refractivity contribution in [3.63, 3.8) is 0 Å². The number of nitrogens with one attached hydrogen (secondary N) is 1. The molecule has 0 aliphatic rings. The number of likely N-dealkylation sites (N-methyl/N-ethyl adjacent to an activating group) is 1. The van der Waals surface area contributed by atoms with Gasteiger partial charge in [0.1, 0.15) is 5.75 Å². The Kier molecular flexibility index (Phi) is 5.62. The lowest BCUT2D eigenvalue weighted by Gasteiger charge is -2.16. The van der Waals surface area contributed by atoms with Crippen LogP contribution in [-0.2, 0) is 4.79 Å². The maximum atomic E-state index is 11.7. The molecule has 4 nitrogen and oxygen atoms in total. The molecule has 0 atom stereocenters. The molecule has 1 aromatic rings. The van der Waals surface area contributed by atoms with Crippen molar-refractivity contribution in [2.45, 2.75) is 20.0 Å². The lowest BCUT2D eigenvalue weighted by atomic mass is 10.3. The van der Waals surface area contributed by atoms with Crippen LogP contribution in [0, 0.1) is 0 Å². The summed E-state index contributed by atoms with van der Waals surface area (Å²) in [6, 6.07) is 5.57. The van der Waals surface area contributed by atoms with Gasteiger partial charge in [0, 0.05) is 4.47 Å². The largest absolute Gasteiger partial charge is 0.489 e. The molecule has 0 saturated heterocycles.